The zero-order chi connectivity index (χ0) is 13.7. The topological polar surface area (TPSA) is 58.4 Å². The molecule has 5 heteroatoms. The van der Waals surface area contributed by atoms with E-state index in [9.17, 15) is 9.18 Å². The van der Waals surface area contributed by atoms with Gasteiger partial charge in [0.25, 0.3) is 0 Å². The molecule has 0 radical (unpaired) electrons. The summed E-state index contributed by atoms with van der Waals surface area (Å²) in [6.07, 6.45) is 2.41. The molecular weight excluding hydrogens is 245 g/mol. The number of carbonyl (C=O) groups is 1. The molecule has 1 saturated heterocycles. The fourth-order valence-electron chi connectivity index (χ4n) is 2.54. The second kappa shape index (κ2) is 6.63. The van der Waals surface area contributed by atoms with E-state index in [0.717, 1.165) is 31.5 Å². The first-order chi connectivity index (χ1) is 9.19. The lowest BCUT2D eigenvalue weighted by molar-refractivity contribution is -0.122. The van der Waals surface area contributed by atoms with Crippen LogP contribution < -0.4 is 11.3 Å². The summed E-state index contributed by atoms with van der Waals surface area (Å²) in [5.74, 6) is 5.22. The number of hydrazine groups is 1. The van der Waals surface area contributed by atoms with Crippen molar-refractivity contribution in [3.63, 3.8) is 0 Å². The number of halogens is 1. The molecule has 104 valence electrons. The first-order valence-electron chi connectivity index (χ1n) is 6.64. The summed E-state index contributed by atoms with van der Waals surface area (Å²) < 4.78 is 13.5. The number of carbonyl (C=O) groups excluding carboxylic acids is 1. The first-order valence-corrected chi connectivity index (χ1v) is 6.64. The lowest BCUT2D eigenvalue weighted by atomic mass is 9.93. The molecule has 19 heavy (non-hydrogen) atoms. The number of nitrogens with one attached hydrogen (secondary N) is 1. The van der Waals surface area contributed by atoms with Crippen LogP contribution in [0.15, 0.2) is 24.3 Å². The Morgan fingerprint density at radius 1 is 1.37 bits per heavy atom. The van der Waals surface area contributed by atoms with Crippen molar-refractivity contribution < 1.29 is 9.18 Å². The summed E-state index contributed by atoms with van der Waals surface area (Å²) in [7, 11) is 0. The van der Waals surface area contributed by atoms with Crippen molar-refractivity contribution in [2.75, 3.05) is 13.1 Å². The maximum absolute atomic E-state index is 13.5. The van der Waals surface area contributed by atoms with Gasteiger partial charge in [-0.3, -0.25) is 15.1 Å². The van der Waals surface area contributed by atoms with Gasteiger partial charge in [0, 0.05) is 18.5 Å². The molecule has 1 aromatic rings. The van der Waals surface area contributed by atoms with Crippen LogP contribution in [0, 0.1) is 11.7 Å². The molecule has 1 aromatic carbocycles. The Kier molecular flexibility index (Phi) is 4.87. The second-order valence-electron chi connectivity index (χ2n) is 5.08. The Balaban J connectivity index is 1.81. The molecule has 1 aliphatic rings. The van der Waals surface area contributed by atoms with E-state index in [-0.39, 0.29) is 11.7 Å². The summed E-state index contributed by atoms with van der Waals surface area (Å²) in [5.41, 5.74) is 2.91. The molecule has 0 bridgehead atoms. The maximum atomic E-state index is 13.5. The smallest absolute Gasteiger partial charge is 0.234 e. The van der Waals surface area contributed by atoms with Gasteiger partial charge in [0.15, 0.2) is 0 Å². The molecule has 2 rings (SSSR count). The fourth-order valence-corrected chi connectivity index (χ4v) is 2.54. The van der Waals surface area contributed by atoms with Gasteiger partial charge in [-0.15, -0.1) is 0 Å². The standard InChI is InChI=1S/C14H20FN3O/c15-13-4-2-1-3-12(13)10-18-7-5-11(6-8-18)9-14(19)17-16/h1-4,11H,5-10,16H2,(H,17,19). The Hall–Kier alpha value is -1.46. The Bertz CT molecular complexity index is 430. The van der Waals surface area contributed by atoms with Crippen LogP contribution in [0.25, 0.3) is 0 Å². The van der Waals surface area contributed by atoms with Crippen molar-refractivity contribution in [2.24, 2.45) is 11.8 Å². The average molecular weight is 265 g/mol. The van der Waals surface area contributed by atoms with E-state index in [1.165, 1.54) is 6.07 Å². The van der Waals surface area contributed by atoms with Crippen molar-refractivity contribution in [3.05, 3.63) is 35.6 Å². The summed E-state index contributed by atoms with van der Waals surface area (Å²) in [6, 6.07) is 6.88. The number of piperidine rings is 1. The summed E-state index contributed by atoms with van der Waals surface area (Å²) in [5, 5.41) is 0. The van der Waals surface area contributed by atoms with Crippen LogP contribution in [0.1, 0.15) is 24.8 Å². The summed E-state index contributed by atoms with van der Waals surface area (Å²) in [6.45, 7) is 2.44. The number of rotatable bonds is 4. The molecule has 0 aromatic heterocycles. The number of amides is 1. The van der Waals surface area contributed by atoms with Crippen molar-refractivity contribution in [3.8, 4) is 0 Å². The SMILES string of the molecule is NNC(=O)CC1CCN(Cc2ccccc2F)CC1. The molecule has 1 amide bonds. The summed E-state index contributed by atoms with van der Waals surface area (Å²) in [4.78, 5) is 13.4. The molecule has 1 heterocycles. The van der Waals surface area contributed by atoms with Gasteiger partial charge in [-0.05, 0) is 37.9 Å². The zero-order valence-electron chi connectivity index (χ0n) is 10.9. The van der Waals surface area contributed by atoms with E-state index >= 15 is 0 Å². The van der Waals surface area contributed by atoms with Crippen LogP contribution in [-0.2, 0) is 11.3 Å². The van der Waals surface area contributed by atoms with Gasteiger partial charge < -0.3 is 0 Å². The highest BCUT2D eigenvalue weighted by atomic mass is 19.1. The number of nitrogens with two attached hydrogens (primary N) is 1. The van der Waals surface area contributed by atoms with Crippen molar-refractivity contribution in [1.82, 2.24) is 10.3 Å². The largest absolute Gasteiger partial charge is 0.299 e. The minimum atomic E-state index is -0.146. The monoisotopic (exact) mass is 265 g/mol. The predicted octanol–water partition coefficient (Wildman–Crippen LogP) is 1.42. The third-order valence-electron chi connectivity index (χ3n) is 3.69. The van der Waals surface area contributed by atoms with Gasteiger partial charge in [0.1, 0.15) is 5.82 Å². The van der Waals surface area contributed by atoms with E-state index in [0.29, 0.717) is 18.9 Å². The zero-order valence-corrected chi connectivity index (χ0v) is 10.9. The van der Waals surface area contributed by atoms with Gasteiger partial charge in [0.05, 0.1) is 0 Å². The van der Waals surface area contributed by atoms with E-state index in [4.69, 9.17) is 5.84 Å². The molecule has 0 saturated carbocycles. The molecule has 0 unspecified atom stereocenters. The summed E-state index contributed by atoms with van der Waals surface area (Å²) >= 11 is 0. The van der Waals surface area contributed by atoms with Crippen LogP contribution in [-0.4, -0.2) is 23.9 Å². The minimum Gasteiger partial charge on any atom is -0.299 e. The fraction of sp³-hybridized carbons (Fsp3) is 0.500. The third-order valence-corrected chi connectivity index (χ3v) is 3.69. The van der Waals surface area contributed by atoms with E-state index in [1.54, 1.807) is 6.07 Å². The van der Waals surface area contributed by atoms with E-state index in [2.05, 4.69) is 10.3 Å². The highest BCUT2D eigenvalue weighted by Crippen LogP contribution is 2.22. The molecule has 1 aliphatic heterocycles. The first kappa shape index (κ1) is 14.0. The van der Waals surface area contributed by atoms with Gasteiger partial charge in [0.2, 0.25) is 5.91 Å². The van der Waals surface area contributed by atoms with Crippen LogP contribution in [0.5, 0.6) is 0 Å². The molecule has 0 aliphatic carbocycles. The maximum Gasteiger partial charge on any atom is 0.234 e. The normalized spacial score (nSPS) is 17.4. The number of nitrogens with zero attached hydrogens (tertiary/aromatic N) is 1. The molecule has 0 atom stereocenters. The molecule has 0 spiro atoms. The van der Waals surface area contributed by atoms with Gasteiger partial charge in [-0.25, -0.2) is 10.2 Å². The van der Waals surface area contributed by atoms with Crippen molar-refractivity contribution in [2.45, 2.75) is 25.8 Å². The number of likely N-dealkylation sites (tertiary alicyclic amines) is 1. The molecule has 3 N–H and O–H groups in total. The Labute approximate surface area is 112 Å². The molecule has 4 nitrogen and oxygen atoms in total. The third kappa shape index (κ3) is 4.01. The van der Waals surface area contributed by atoms with Crippen LogP contribution >= 0.6 is 0 Å². The van der Waals surface area contributed by atoms with Crippen molar-refractivity contribution in [1.29, 1.82) is 0 Å². The van der Waals surface area contributed by atoms with Gasteiger partial charge in [-0.1, -0.05) is 18.2 Å². The number of hydrogen-bond donors (Lipinski definition) is 2. The minimum absolute atomic E-state index is 0.104. The van der Waals surface area contributed by atoms with Crippen molar-refractivity contribution >= 4 is 5.91 Å². The second-order valence-corrected chi connectivity index (χ2v) is 5.08. The van der Waals surface area contributed by atoms with Gasteiger partial charge in [-0.2, -0.15) is 0 Å². The Morgan fingerprint density at radius 3 is 2.68 bits per heavy atom. The average Bonchev–Trinajstić information content (AvgIpc) is 2.43. The predicted molar refractivity (Wildman–Crippen MR) is 71.3 cm³/mol. The van der Waals surface area contributed by atoms with Crippen LogP contribution in [0.3, 0.4) is 0 Å². The van der Waals surface area contributed by atoms with Gasteiger partial charge >= 0.3 is 0 Å². The number of hydrogen-bond acceptors (Lipinski definition) is 3. The Morgan fingerprint density at radius 2 is 2.05 bits per heavy atom. The number of benzene rings is 1. The lowest BCUT2D eigenvalue weighted by Crippen LogP contribution is -2.37. The van der Waals surface area contributed by atoms with E-state index in [1.807, 2.05) is 12.1 Å². The highest BCUT2D eigenvalue weighted by molar-refractivity contribution is 5.75. The molecule has 1 fully saturated rings. The molecular formula is C14H20FN3O. The van der Waals surface area contributed by atoms with E-state index < -0.39 is 0 Å². The van der Waals surface area contributed by atoms with Crippen LogP contribution in [0.2, 0.25) is 0 Å². The highest BCUT2D eigenvalue weighted by Gasteiger charge is 2.21. The lowest BCUT2D eigenvalue weighted by Gasteiger charge is -2.31. The quantitative estimate of drug-likeness (QED) is 0.492. The van der Waals surface area contributed by atoms with Crippen LogP contribution in [0.4, 0.5) is 4.39 Å².